The maximum Gasteiger partial charge on any atom is 2.00 e. The van der Waals surface area contributed by atoms with Crippen molar-refractivity contribution in [2.45, 2.75) is 12.8 Å². The van der Waals surface area contributed by atoms with E-state index >= 15 is 0 Å². The third kappa shape index (κ3) is 36.2. The van der Waals surface area contributed by atoms with Gasteiger partial charge in [0, 0.05) is 40.4 Å². The smallest absolute Gasteiger partial charge is 1.00 e. The number of aliphatic hydroxyl groups excluding tert-OH is 2. The molecule has 0 spiro atoms. The molecule has 0 aromatic carbocycles. The van der Waals surface area contributed by atoms with Crippen molar-refractivity contribution in [1.82, 2.24) is 19.6 Å². The quantitative estimate of drug-likeness (QED) is 0.182. The van der Waals surface area contributed by atoms with Gasteiger partial charge in [-0.3, -0.25) is 0 Å². The zero-order valence-corrected chi connectivity index (χ0v) is 32.1. The van der Waals surface area contributed by atoms with Crippen molar-refractivity contribution in [2.24, 2.45) is 0 Å². The summed E-state index contributed by atoms with van der Waals surface area (Å²) >= 11 is 19.9. The van der Waals surface area contributed by atoms with Crippen LogP contribution < -0.4 is 24.8 Å². The van der Waals surface area contributed by atoms with Crippen LogP contribution in [0.4, 0.5) is 0 Å². The Morgan fingerprint density at radius 2 is 0.611 bits per heavy atom. The normalized spacial score (nSPS) is 16.0. The summed E-state index contributed by atoms with van der Waals surface area (Å²) in [7, 11) is 2.00. The van der Waals surface area contributed by atoms with Gasteiger partial charge in [0.05, 0.1) is 0 Å². The summed E-state index contributed by atoms with van der Waals surface area (Å²) in [5.74, 6) is 3.45. The third-order valence-electron chi connectivity index (χ3n) is 4.99. The van der Waals surface area contributed by atoms with E-state index in [1.165, 1.54) is 65.2 Å². The van der Waals surface area contributed by atoms with Crippen LogP contribution in [-0.4, -0.2) is 146 Å². The summed E-state index contributed by atoms with van der Waals surface area (Å²) < 4.78 is 0. The Kier molecular flexibility index (Phi) is 81.0. The zero-order chi connectivity index (χ0) is 23.0. The van der Waals surface area contributed by atoms with E-state index in [1.807, 2.05) is 0 Å². The standard InChI is InChI=1S/2C9H20N2S2.2CH4O.2Au.2ClH.2Ni/c2*12-8-6-10-2-1-3-11(5-4-10)7-9-13;2*1-2;;;;;;/h2*12-13H,1-9H2;2*2H,1H3;;;2*1H;;/q;;;;2*+1;;;2*+2/p-6. The monoisotopic (exact) mass is 1080 g/mol. The molecule has 2 aliphatic heterocycles. The van der Waals surface area contributed by atoms with Gasteiger partial charge < -0.3 is 105 Å². The van der Waals surface area contributed by atoms with Crippen LogP contribution in [0.1, 0.15) is 12.8 Å². The molecular formula is C20H44Au2Cl2N4Ni2O2S4. The second-order valence-corrected chi connectivity index (χ2v) is 8.52. The van der Waals surface area contributed by atoms with Crippen molar-refractivity contribution in [2.75, 3.05) is 116 Å². The van der Waals surface area contributed by atoms with E-state index in [9.17, 15) is 0 Å². The molecule has 2 N–H and O–H groups in total. The van der Waals surface area contributed by atoms with Gasteiger partial charge in [-0.25, -0.2) is 0 Å². The molecule has 2 aliphatic rings. The summed E-state index contributed by atoms with van der Waals surface area (Å²) in [6, 6.07) is 0. The fourth-order valence-corrected chi connectivity index (χ4v) is 4.49. The van der Waals surface area contributed by atoms with E-state index in [4.69, 9.17) is 60.7 Å². The minimum atomic E-state index is 0. The minimum Gasteiger partial charge on any atom is -1.00 e. The molecule has 2 rings (SSSR count). The molecule has 0 radical (unpaired) electrons. The van der Waals surface area contributed by atoms with Gasteiger partial charge in [-0.05, 0) is 65.2 Å². The van der Waals surface area contributed by atoms with Crippen molar-refractivity contribution < 1.29 is 113 Å². The van der Waals surface area contributed by atoms with Crippen molar-refractivity contribution in [3.05, 3.63) is 0 Å². The molecule has 0 aromatic heterocycles. The SMILES string of the molecule is CO.CO.[Au+].[Au+].[Cl-].[Cl-].[Ni+2].[Ni+2].[S-]CCN1CCCN(CC[S-])CC1.[S-]CCN1CCCN(CC[S-])CC1. The average molecular weight is 1080 g/mol. The first kappa shape index (κ1) is 59.6. The number of nitrogens with zero attached hydrogens (tertiary/aromatic N) is 4. The van der Waals surface area contributed by atoms with Crippen molar-refractivity contribution >= 4 is 50.5 Å². The molecule has 0 atom stereocenters. The van der Waals surface area contributed by atoms with Gasteiger partial charge in [0.1, 0.15) is 0 Å². The maximum absolute atomic E-state index is 7.00. The summed E-state index contributed by atoms with van der Waals surface area (Å²) in [4.78, 5) is 9.87. The Morgan fingerprint density at radius 1 is 0.444 bits per heavy atom. The van der Waals surface area contributed by atoms with Crippen LogP contribution in [-0.2, 0) is 128 Å². The van der Waals surface area contributed by atoms with Gasteiger partial charge in [0.25, 0.3) is 0 Å². The Hall–Kier alpha value is 4.21. The van der Waals surface area contributed by atoms with Crippen LogP contribution in [0, 0.1) is 0 Å². The third-order valence-corrected chi connectivity index (χ3v) is 5.72. The number of halogens is 2. The summed E-state index contributed by atoms with van der Waals surface area (Å²) in [6.45, 7) is 13.9. The molecule has 2 saturated heterocycles. The number of hydrogen-bond donors (Lipinski definition) is 2. The molecule has 6 nitrogen and oxygen atoms in total. The first-order valence-corrected chi connectivity index (χ1v) is 13.2. The Labute approximate surface area is 308 Å². The first-order chi connectivity index (χ1) is 14.7. The fourth-order valence-electron chi connectivity index (χ4n) is 3.46. The van der Waals surface area contributed by atoms with E-state index in [-0.39, 0.29) is 103 Å². The van der Waals surface area contributed by atoms with Gasteiger partial charge in [0.15, 0.2) is 0 Å². The molecule has 0 unspecified atom stereocenters. The van der Waals surface area contributed by atoms with Crippen LogP contribution in [0.15, 0.2) is 0 Å². The second kappa shape index (κ2) is 48.9. The number of aliphatic hydroxyl groups is 2. The molecule has 36 heavy (non-hydrogen) atoms. The molecule has 2 fully saturated rings. The number of rotatable bonds is 8. The number of hydrogen-bond acceptors (Lipinski definition) is 10. The van der Waals surface area contributed by atoms with Gasteiger partial charge >= 0.3 is 77.7 Å². The summed E-state index contributed by atoms with van der Waals surface area (Å²) in [5, 5.41) is 14.0. The molecule has 0 bridgehead atoms. The fraction of sp³-hybridized carbons (Fsp3) is 1.00. The van der Waals surface area contributed by atoms with Crippen LogP contribution in [0.3, 0.4) is 0 Å². The maximum atomic E-state index is 7.00. The van der Waals surface area contributed by atoms with Gasteiger partial charge in [-0.2, -0.15) is 23.0 Å². The van der Waals surface area contributed by atoms with Crippen LogP contribution in [0.25, 0.3) is 0 Å². The van der Waals surface area contributed by atoms with Crippen molar-refractivity contribution in [3.8, 4) is 0 Å². The predicted octanol–water partition coefficient (Wildman–Crippen LogP) is -6.61. The Morgan fingerprint density at radius 3 is 0.750 bits per heavy atom. The molecule has 0 aromatic rings. The predicted molar refractivity (Wildman–Crippen MR) is 140 cm³/mol. The van der Waals surface area contributed by atoms with E-state index < -0.39 is 0 Å². The molecule has 0 saturated carbocycles. The molecular weight excluding hydrogens is 1040 g/mol. The summed E-state index contributed by atoms with van der Waals surface area (Å²) in [5.41, 5.74) is 0. The first-order valence-electron chi connectivity index (χ1n) is 10.8. The topological polar surface area (TPSA) is 53.4 Å². The van der Waals surface area contributed by atoms with Gasteiger partial charge in [-0.1, -0.05) is 0 Å². The van der Waals surface area contributed by atoms with Crippen LogP contribution >= 0.6 is 0 Å². The van der Waals surface area contributed by atoms with Crippen LogP contribution in [0.2, 0.25) is 0 Å². The Balaban J connectivity index is -0.0000000555. The van der Waals surface area contributed by atoms with Gasteiger partial charge in [-0.15, -0.1) is 0 Å². The summed E-state index contributed by atoms with van der Waals surface area (Å²) in [6.07, 6.45) is 2.54. The van der Waals surface area contributed by atoms with E-state index in [0.29, 0.717) is 0 Å². The van der Waals surface area contributed by atoms with E-state index in [2.05, 4.69) is 19.6 Å². The van der Waals surface area contributed by atoms with Gasteiger partial charge in [0.2, 0.25) is 0 Å². The largest absolute Gasteiger partial charge is 2.00 e. The van der Waals surface area contributed by atoms with E-state index in [0.717, 1.165) is 63.4 Å². The molecule has 16 heteroatoms. The molecule has 2 heterocycles. The second-order valence-electron chi connectivity index (χ2n) is 6.89. The minimum absolute atomic E-state index is 0. The molecule has 236 valence electrons. The Bertz CT molecular complexity index is 312. The molecule has 0 aliphatic carbocycles. The van der Waals surface area contributed by atoms with Crippen LogP contribution in [0.5, 0.6) is 0 Å². The van der Waals surface area contributed by atoms with Crippen molar-refractivity contribution in [1.29, 1.82) is 0 Å². The zero-order valence-electron chi connectivity index (χ0n) is 21.0. The molecule has 0 amide bonds. The van der Waals surface area contributed by atoms with E-state index in [1.54, 1.807) is 0 Å². The average Bonchev–Trinajstić information content (AvgIpc) is 3.14. The van der Waals surface area contributed by atoms with Crippen molar-refractivity contribution in [3.63, 3.8) is 0 Å².